The molecule has 2 heterocycles. The summed E-state index contributed by atoms with van der Waals surface area (Å²) in [5.74, 6) is 2.05. The van der Waals surface area contributed by atoms with E-state index < -0.39 is 0 Å². The van der Waals surface area contributed by atoms with Gasteiger partial charge in [0.05, 0.1) is 29.8 Å². The van der Waals surface area contributed by atoms with Crippen LogP contribution >= 0.6 is 23.2 Å². The molecule has 0 unspecified atom stereocenters. The van der Waals surface area contributed by atoms with E-state index in [2.05, 4.69) is 11.6 Å². The van der Waals surface area contributed by atoms with Crippen LogP contribution in [0.1, 0.15) is 12.2 Å². The second-order valence-corrected chi connectivity index (χ2v) is 8.45. The van der Waals surface area contributed by atoms with E-state index >= 15 is 0 Å². The molecule has 0 N–H and O–H groups in total. The van der Waals surface area contributed by atoms with Gasteiger partial charge in [-0.05, 0) is 36.1 Å². The van der Waals surface area contributed by atoms with E-state index in [4.69, 9.17) is 37.7 Å². The average Bonchev–Trinajstić information content (AvgIpc) is 3.27. The summed E-state index contributed by atoms with van der Waals surface area (Å²) in [4.78, 5) is 22.9. The lowest BCUT2D eigenvalue weighted by Crippen LogP contribution is -2.27. The van der Waals surface area contributed by atoms with Crippen molar-refractivity contribution in [3.05, 3.63) is 59.0 Å². The Morgan fingerprint density at radius 1 is 1.22 bits per heavy atom. The van der Waals surface area contributed by atoms with Crippen LogP contribution in [0.3, 0.4) is 0 Å². The highest BCUT2D eigenvalue weighted by molar-refractivity contribution is 6.41. The van der Waals surface area contributed by atoms with Crippen LogP contribution in [0.2, 0.25) is 10.0 Å². The molecule has 3 aromatic rings. The molecule has 1 atom stereocenters. The van der Waals surface area contributed by atoms with Gasteiger partial charge in [0.15, 0.2) is 0 Å². The van der Waals surface area contributed by atoms with E-state index in [0.29, 0.717) is 39.6 Å². The second-order valence-electron chi connectivity index (χ2n) is 7.69. The molecule has 32 heavy (non-hydrogen) atoms. The molecule has 0 aliphatic carbocycles. The standard InChI is InChI=1S/C24H23Cl2N3O3/c1-4-21(30)29-8-7-14(13-29)9-20-27-12-16-10-15(5-6-17(16)28-20)22-23(25)18(31-2)11-19(32-3)24(22)26/h4-6,10-12,14H,1,7-9,13H2,2-3H3/t14-/m1/s1. The van der Waals surface area contributed by atoms with Crippen LogP contribution in [0.25, 0.3) is 22.0 Å². The molecule has 1 fully saturated rings. The summed E-state index contributed by atoms with van der Waals surface area (Å²) < 4.78 is 10.8. The van der Waals surface area contributed by atoms with Crippen LogP contribution in [0.15, 0.2) is 43.1 Å². The first-order chi connectivity index (χ1) is 15.4. The third-order valence-electron chi connectivity index (χ3n) is 5.74. The lowest BCUT2D eigenvalue weighted by Gasteiger charge is -2.15. The van der Waals surface area contributed by atoms with Crippen molar-refractivity contribution >= 4 is 40.0 Å². The second kappa shape index (κ2) is 9.35. The molecule has 1 saturated heterocycles. The van der Waals surface area contributed by atoms with Gasteiger partial charge in [-0.3, -0.25) is 4.79 Å². The highest BCUT2D eigenvalue weighted by Gasteiger charge is 2.26. The molecule has 6 nitrogen and oxygen atoms in total. The van der Waals surface area contributed by atoms with Crippen LogP contribution in [-0.2, 0) is 11.2 Å². The van der Waals surface area contributed by atoms with Crippen molar-refractivity contribution in [2.45, 2.75) is 12.8 Å². The number of ether oxygens (including phenoxy) is 2. The van der Waals surface area contributed by atoms with Crippen molar-refractivity contribution in [1.29, 1.82) is 0 Å². The minimum Gasteiger partial charge on any atom is -0.495 e. The molecule has 0 saturated carbocycles. The van der Waals surface area contributed by atoms with Gasteiger partial charge in [0, 0.05) is 42.7 Å². The number of hydrogen-bond acceptors (Lipinski definition) is 5. The fourth-order valence-electron chi connectivity index (χ4n) is 4.05. The van der Waals surface area contributed by atoms with Gasteiger partial charge in [0.25, 0.3) is 0 Å². The SMILES string of the molecule is C=CC(=O)N1CC[C@H](Cc2ncc3cc(-c4c(Cl)c(OC)cc(OC)c4Cl)ccc3n2)C1. The first-order valence-corrected chi connectivity index (χ1v) is 11.0. The number of nitrogens with zero attached hydrogens (tertiary/aromatic N) is 3. The molecule has 4 rings (SSSR count). The summed E-state index contributed by atoms with van der Waals surface area (Å²) in [6.45, 7) is 5.02. The third kappa shape index (κ3) is 4.25. The fraction of sp³-hybridized carbons (Fsp3) is 0.292. The van der Waals surface area contributed by atoms with Crippen molar-refractivity contribution in [3.63, 3.8) is 0 Å². The van der Waals surface area contributed by atoms with Crippen molar-refractivity contribution < 1.29 is 14.3 Å². The van der Waals surface area contributed by atoms with Gasteiger partial charge in [-0.1, -0.05) is 35.8 Å². The number of aromatic nitrogens is 2. The number of halogens is 2. The molecule has 1 amide bonds. The monoisotopic (exact) mass is 471 g/mol. The first kappa shape index (κ1) is 22.4. The number of benzene rings is 2. The molecule has 2 aromatic carbocycles. The summed E-state index contributed by atoms with van der Waals surface area (Å²) in [5.41, 5.74) is 2.28. The molecule has 1 aliphatic heterocycles. The Hall–Kier alpha value is -2.83. The Kier molecular flexibility index (Phi) is 6.53. The van der Waals surface area contributed by atoms with Gasteiger partial charge in [-0.25, -0.2) is 9.97 Å². The van der Waals surface area contributed by atoms with E-state index in [9.17, 15) is 4.79 Å². The molecule has 0 bridgehead atoms. The van der Waals surface area contributed by atoms with E-state index in [1.54, 1.807) is 20.3 Å². The minimum atomic E-state index is -0.0223. The van der Waals surface area contributed by atoms with Crippen molar-refractivity contribution in [3.8, 4) is 22.6 Å². The fourth-order valence-corrected chi connectivity index (χ4v) is 4.77. The predicted molar refractivity (Wildman–Crippen MR) is 127 cm³/mol. The molecule has 0 spiro atoms. The zero-order valence-electron chi connectivity index (χ0n) is 17.9. The lowest BCUT2D eigenvalue weighted by atomic mass is 10.0. The molecular formula is C24H23Cl2N3O3. The van der Waals surface area contributed by atoms with E-state index in [0.717, 1.165) is 41.7 Å². The topological polar surface area (TPSA) is 64.6 Å². The molecule has 166 valence electrons. The summed E-state index contributed by atoms with van der Waals surface area (Å²) in [6.07, 6.45) is 4.84. The Balaban J connectivity index is 1.62. The average molecular weight is 472 g/mol. The maximum Gasteiger partial charge on any atom is 0.245 e. The number of rotatable bonds is 6. The van der Waals surface area contributed by atoms with E-state index in [1.807, 2.05) is 29.3 Å². The van der Waals surface area contributed by atoms with Crippen molar-refractivity contribution in [2.24, 2.45) is 5.92 Å². The normalized spacial score (nSPS) is 15.8. The zero-order valence-corrected chi connectivity index (χ0v) is 19.4. The summed E-state index contributed by atoms with van der Waals surface area (Å²) in [6, 6.07) is 7.46. The number of methoxy groups -OCH3 is 2. The molecule has 0 radical (unpaired) electrons. The van der Waals surface area contributed by atoms with Crippen molar-refractivity contribution in [1.82, 2.24) is 14.9 Å². The van der Waals surface area contributed by atoms with Crippen LogP contribution in [0.5, 0.6) is 11.5 Å². The summed E-state index contributed by atoms with van der Waals surface area (Å²) in [7, 11) is 3.09. The highest BCUT2D eigenvalue weighted by atomic mass is 35.5. The van der Waals surface area contributed by atoms with Gasteiger partial charge in [-0.2, -0.15) is 0 Å². The minimum absolute atomic E-state index is 0.0223. The maximum atomic E-state index is 11.8. The smallest absolute Gasteiger partial charge is 0.245 e. The largest absolute Gasteiger partial charge is 0.495 e. The number of carbonyl (C=O) groups excluding carboxylic acids is 1. The van der Waals surface area contributed by atoms with Gasteiger partial charge in [-0.15, -0.1) is 0 Å². The quantitative estimate of drug-likeness (QED) is 0.462. The maximum absolute atomic E-state index is 11.8. The highest BCUT2D eigenvalue weighted by Crippen LogP contribution is 2.46. The van der Waals surface area contributed by atoms with Gasteiger partial charge in [0.1, 0.15) is 17.3 Å². The zero-order chi connectivity index (χ0) is 22.8. The first-order valence-electron chi connectivity index (χ1n) is 10.2. The number of likely N-dealkylation sites (tertiary alicyclic amines) is 1. The molecule has 8 heteroatoms. The van der Waals surface area contributed by atoms with E-state index in [-0.39, 0.29) is 5.91 Å². The Morgan fingerprint density at radius 2 is 1.94 bits per heavy atom. The molecule has 1 aromatic heterocycles. The molecular weight excluding hydrogens is 449 g/mol. The van der Waals surface area contributed by atoms with Crippen molar-refractivity contribution in [2.75, 3.05) is 27.3 Å². The lowest BCUT2D eigenvalue weighted by molar-refractivity contribution is -0.125. The van der Waals surface area contributed by atoms with Crippen LogP contribution < -0.4 is 9.47 Å². The Bertz CT molecular complexity index is 1170. The van der Waals surface area contributed by atoms with Crippen LogP contribution in [0, 0.1) is 5.92 Å². The number of carbonyl (C=O) groups is 1. The number of amides is 1. The predicted octanol–water partition coefficient (Wildman–Crippen LogP) is 5.20. The van der Waals surface area contributed by atoms with E-state index in [1.165, 1.54) is 6.08 Å². The summed E-state index contributed by atoms with van der Waals surface area (Å²) >= 11 is 13.1. The summed E-state index contributed by atoms with van der Waals surface area (Å²) in [5, 5.41) is 1.69. The van der Waals surface area contributed by atoms with Crippen LogP contribution in [0.4, 0.5) is 0 Å². The van der Waals surface area contributed by atoms with Crippen LogP contribution in [-0.4, -0.2) is 48.1 Å². The number of hydrogen-bond donors (Lipinski definition) is 0. The Labute approximate surface area is 196 Å². The Morgan fingerprint density at radius 3 is 2.59 bits per heavy atom. The number of fused-ring (bicyclic) bond motifs is 1. The molecule has 1 aliphatic rings. The van der Waals surface area contributed by atoms with Gasteiger partial charge in [0.2, 0.25) is 5.91 Å². The third-order valence-corrected chi connectivity index (χ3v) is 6.49. The van der Waals surface area contributed by atoms with Gasteiger partial charge < -0.3 is 14.4 Å². The van der Waals surface area contributed by atoms with Gasteiger partial charge >= 0.3 is 0 Å².